The second kappa shape index (κ2) is 5.36. The van der Waals surface area contributed by atoms with Crippen LogP contribution in [-0.2, 0) is 0 Å². The predicted molar refractivity (Wildman–Crippen MR) is 88.9 cm³/mol. The Bertz CT molecular complexity index is 862. The van der Waals surface area contributed by atoms with Crippen LogP contribution in [-0.4, -0.2) is 14.5 Å². The van der Waals surface area contributed by atoms with Gasteiger partial charge in [0.05, 0.1) is 28.0 Å². The Morgan fingerprint density at radius 3 is 2.91 bits per heavy atom. The molecule has 1 aliphatic carbocycles. The number of aryl methyl sites for hydroxylation is 1. The van der Waals surface area contributed by atoms with E-state index in [0.717, 1.165) is 42.5 Å². The minimum Gasteiger partial charge on any atom is -0.324 e. The van der Waals surface area contributed by atoms with Crippen molar-refractivity contribution in [3.8, 4) is 6.07 Å². The zero-order chi connectivity index (χ0) is 15.1. The number of hydrogen-bond donors (Lipinski definition) is 0. The fourth-order valence-electron chi connectivity index (χ4n) is 3.78. The number of hydrogen-bond acceptors (Lipinski definition) is 4. The summed E-state index contributed by atoms with van der Waals surface area (Å²) in [7, 11) is 0. The van der Waals surface area contributed by atoms with Crippen LogP contribution in [0.15, 0.2) is 17.6 Å². The van der Waals surface area contributed by atoms with E-state index in [9.17, 15) is 0 Å². The molecule has 3 heterocycles. The molecule has 0 unspecified atom stereocenters. The lowest BCUT2D eigenvalue weighted by Gasteiger charge is -2.29. The van der Waals surface area contributed by atoms with E-state index in [4.69, 9.17) is 10.2 Å². The molecular weight excluding hydrogens is 292 g/mol. The molecule has 3 aromatic heterocycles. The van der Waals surface area contributed by atoms with Crippen molar-refractivity contribution in [3.63, 3.8) is 0 Å². The number of nitrogens with zero attached hydrogens (tertiary/aromatic N) is 4. The van der Waals surface area contributed by atoms with Gasteiger partial charge in [0, 0.05) is 12.5 Å². The molecule has 0 atom stereocenters. The summed E-state index contributed by atoms with van der Waals surface area (Å²) in [5.74, 6) is 1.67. The highest BCUT2D eigenvalue weighted by Crippen LogP contribution is 2.38. The van der Waals surface area contributed by atoms with Crippen molar-refractivity contribution in [2.45, 2.75) is 45.1 Å². The zero-order valence-electron chi connectivity index (χ0n) is 12.6. The number of pyridine rings is 1. The average Bonchev–Trinajstić information content (AvgIpc) is 3.11. The number of aromatic nitrogens is 3. The molecule has 4 rings (SSSR count). The Morgan fingerprint density at radius 1 is 1.32 bits per heavy atom. The number of imidazole rings is 1. The van der Waals surface area contributed by atoms with Crippen LogP contribution >= 0.6 is 11.3 Å². The first kappa shape index (κ1) is 13.7. The Labute approximate surface area is 133 Å². The van der Waals surface area contributed by atoms with E-state index in [2.05, 4.69) is 34.0 Å². The molecule has 1 saturated carbocycles. The van der Waals surface area contributed by atoms with Crippen LogP contribution < -0.4 is 0 Å². The van der Waals surface area contributed by atoms with Crippen molar-refractivity contribution in [2.75, 3.05) is 0 Å². The predicted octanol–water partition coefficient (Wildman–Crippen LogP) is 4.60. The SMILES string of the molecule is Cc1nc2cnc3ccsc3c2n1[C@H]1CC[C@H](CC#N)CC1. The highest BCUT2D eigenvalue weighted by molar-refractivity contribution is 7.18. The molecule has 0 aromatic carbocycles. The van der Waals surface area contributed by atoms with Gasteiger partial charge in [0.15, 0.2) is 0 Å². The van der Waals surface area contributed by atoms with Crippen molar-refractivity contribution < 1.29 is 0 Å². The molecule has 0 saturated heterocycles. The molecule has 4 nitrogen and oxygen atoms in total. The maximum absolute atomic E-state index is 8.88. The molecule has 0 aliphatic heterocycles. The molecule has 0 bridgehead atoms. The summed E-state index contributed by atoms with van der Waals surface area (Å²) in [5, 5.41) is 11.0. The monoisotopic (exact) mass is 310 g/mol. The largest absolute Gasteiger partial charge is 0.324 e. The smallest absolute Gasteiger partial charge is 0.109 e. The maximum atomic E-state index is 8.88. The van der Waals surface area contributed by atoms with Crippen LogP contribution in [0.3, 0.4) is 0 Å². The normalized spacial score (nSPS) is 22.2. The highest BCUT2D eigenvalue weighted by Gasteiger charge is 2.25. The quantitative estimate of drug-likeness (QED) is 0.695. The first-order valence-corrected chi connectivity index (χ1v) is 8.73. The summed E-state index contributed by atoms with van der Waals surface area (Å²) in [6, 6.07) is 4.91. The lowest BCUT2D eigenvalue weighted by molar-refractivity contribution is 0.279. The maximum Gasteiger partial charge on any atom is 0.109 e. The molecule has 5 heteroatoms. The van der Waals surface area contributed by atoms with Gasteiger partial charge < -0.3 is 4.57 Å². The van der Waals surface area contributed by atoms with Gasteiger partial charge in [-0.05, 0) is 50.0 Å². The summed E-state index contributed by atoms with van der Waals surface area (Å²) in [4.78, 5) is 9.23. The van der Waals surface area contributed by atoms with Crippen molar-refractivity contribution in [2.24, 2.45) is 5.92 Å². The Hall–Kier alpha value is -1.93. The second-order valence-corrected chi connectivity index (χ2v) is 7.11. The van der Waals surface area contributed by atoms with Gasteiger partial charge in [0.1, 0.15) is 11.3 Å². The zero-order valence-corrected chi connectivity index (χ0v) is 13.4. The van der Waals surface area contributed by atoms with E-state index in [-0.39, 0.29) is 0 Å². The summed E-state index contributed by atoms with van der Waals surface area (Å²) in [6.07, 6.45) is 7.19. The van der Waals surface area contributed by atoms with E-state index in [0.29, 0.717) is 18.4 Å². The molecule has 112 valence electrons. The van der Waals surface area contributed by atoms with Crippen molar-refractivity contribution in [1.29, 1.82) is 5.26 Å². The Morgan fingerprint density at radius 2 is 2.14 bits per heavy atom. The number of thiophene rings is 1. The van der Waals surface area contributed by atoms with Gasteiger partial charge in [0.25, 0.3) is 0 Å². The topological polar surface area (TPSA) is 54.5 Å². The number of fused-ring (bicyclic) bond motifs is 3. The highest BCUT2D eigenvalue weighted by atomic mass is 32.1. The summed E-state index contributed by atoms with van der Waals surface area (Å²) in [6.45, 7) is 2.10. The molecular formula is C17H18N4S. The molecule has 1 aliphatic rings. The van der Waals surface area contributed by atoms with Crippen molar-refractivity contribution in [3.05, 3.63) is 23.5 Å². The fraction of sp³-hybridized carbons (Fsp3) is 0.471. The van der Waals surface area contributed by atoms with Crippen molar-refractivity contribution >= 4 is 32.6 Å². The molecule has 22 heavy (non-hydrogen) atoms. The lowest BCUT2D eigenvalue weighted by Crippen LogP contribution is -2.19. The number of nitriles is 1. The molecule has 3 aromatic rings. The van der Waals surface area contributed by atoms with Crippen molar-refractivity contribution in [1.82, 2.24) is 14.5 Å². The van der Waals surface area contributed by atoms with E-state index in [1.54, 1.807) is 11.3 Å². The minimum absolute atomic E-state index is 0.507. The van der Waals surface area contributed by atoms with Crippen LogP contribution in [0.1, 0.15) is 44.0 Å². The fourth-order valence-corrected chi connectivity index (χ4v) is 4.67. The van der Waals surface area contributed by atoms with Crippen LogP contribution in [0.2, 0.25) is 0 Å². The van der Waals surface area contributed by atoms with Gasteiger partial charge in [-0.25, -0.2) is 4.98 Å². The summed E-state index contributed by atoms with van der Waals surface area (Å²) >= 11 is 1.75. The molecule has 0 radical (unpaired) electrons. The van der Waals surface area contributed by atoms with Crippen LogP contribution in [0.25, 0.3) is 21.3 Å². The second-order valence-electron chi connectivity index (χ2n) is 6.19. The van der Waals surface area contributed by atoms with Gasteiger partial charge in [0.2, 0.25) is 0 Å². The van der Waals surface area contributed by atoms with Crippen LogP contribution in [0, 0.1) is 24.2 Å². The van der Waals surface area contributed by atoms with E-state index >= 15 is 0 Å². The average molecular weight is 310 g/mol. The van der Waals surface area contributed by atoms with E-state index < -0.39 is 0 Å². The molecule has 1 fully saturated rings. The summed E-state index contributed by atoms with van der Waals surface area (Å²) < 4.78 is 3.68. The van der Waals surface area contributed by atoms with E-state index in [1.165, 1.54) is 10.2 Å². The van der Waals surface area contributed by atoms with Crippen LogP contribution in [0.4, 0.5) is 0 Å². The molecule has 0 spiro atoms. The van der Waals surface area contributed by atoms with Gasteiger partial charge in [-0.1, -0.05) is 0 Å². The number of rotatable bonds is 2. The lowest BCUT2D eigenvalue weighted by atomic mass is 9.84. The van der Waals surface area contributed by atoms with Gasteiger partial charge in [-0.2, -0.15) is 5.26 Å². The van der Waals surface area contributed by atoms with Gasteiger partial charge >= 0.3 is 0 Å². The Kier molecular flexibility index (Phi) is 3.34. The van der Waals surface area contributed by atoms with Gasteiger partial charge in [-0.3, -0.25) is 4.98 Å². The molecule has 0 amide bonds. The molecule has 0 N–H and O–H groups in total. The first-order valence-electron chi connectivity index (χ1n) is 7.85. The third-order valence-corrected chi connectivity index (χ3v) is 5.77. The van der Waals surface area contributed by atoms with Crippen LogP contribution in [0.5, 0.6) is 0 Å². The third kappa shape index (κ3) is 2.10. The van der Waals surface area contributed by atoms with Gasteiger partial charge in [-0.15, -0.1) is 11.3 Å². The van der Waals surface area contributed by atoms with E-state index in [1.807, 2.05) is 6.20 Å². The first-order chi connectivity index (χ1) is 10.8. The Balaban J connectivity index is 1.77. The minimum atomic E-state index is 0.507. The third-order valence-electron chi connectivity index (χ3n) is 4.86. The standard InChI is InChI=1S/C17H18N4S/c1-11-20-15-10-19-14-7-9-22-17(14)16(15)21(11)13-4-2-12(3-5-13)6-8-18/h7,9-10,12-13H,2-6H2,1H3/t12-,13-. The summed E-state index contributed by atoms with van der Waals surface area (Å²) in [5.41, 5.74) is 3.32.